The minimum absolute atomic E-state index is 0.0772. The minimum Gasteiger partial charge on any atom is -0.493 e. The van der Waals surface area contributed by atoms with E-state index in [-0.39, 0.29) is 18.6 Å². The van der Waals surface area contributed by atoms with Gasteiger partial charge in [-0.15, -0.1) is 11.3 Å². The van der Waals surface area contributed by atoms with Crippen LogP contribution in [0, 0.1) is 0 Å². The normalized spacial score (nSPS) is 19.1. The Hall–Kier alpha value is -2.05. The summed E-state index contributed by atoms with van der Waals surface area (Å²) in [7, 11) is 0. The number of carbonyl (C=O) groups is 1. The molecule has 1 aromatic heterocycles. The molecule has 1 aliphatic rings. The maximum atomic E-state index is 12.2. The summed E-state index contributed by atoms with van der Waals surface area (Å²) in [5.74, 6) is 0.814. The summed E-state index contributed by atoms with van der Waals surface area (Å²) >= 11 is 1.47. The first kappa shape index (κ1) is 15.8. The van der Waals surface area contributed by atoms with Crippen molar-refractivity contribution in [3.63, 3.8) is 0 Å². The van der Waals surface area contributed by atoms with E-state index in [9.17, 15) is 9.90 Å². The van der Waals surface area contributed by atoms with Crippen LogP contribution in [0.15, 0.2) is 41.8 Å². The number of urea groups is 1. The second kappa shape index (κ2) is 6.60. The Labute approximate surface area is 139 Å². The predicted molar refractivity (Wildman–Crippen MR) is 89.7 cm³/mol. The van der Waals surface area contributed by atoms with E-state index in [1.54, 1.807) is 6.92 Å². The Balaban J connectivity index is 1.58. The van der Waals surface area contributed by atoms with Crippen molar-refractivity contribution in [1.29, 1.82) is 0 Å². The van der Waals surface area contributed by atoms with E-state index in [2.05, 4.69) is 10.6 Å². The zero-order valence-corrected chi connectivity index (χ0v) is 13.7. The fraction of sp³-hybridized carbons (Fsp3) is 0.353. The Morgan fingerprint density at radius 2 is 2.22 bits per heavy atom. The maximum Gasteiger partial charge on any atom is 0.315 e. The third-order valence-corrected chi connectivity index (χ3v) is 5.03. The maximum absolute atomic E-state index is 12.2. The molecule has 0 saturated carbocycles. The summed E-state index contributed by atoms with van der Waals surface area (Å²) in [5, 5.41) is 18.1. The molecule has 23 heavy (non-hydrogen) atoms. The topological polar surface area (TPSA) is 70.6 Å². The lowest BCUT2D eigenvalue weighted by molar-refractivity contribution is 0.0629. The molecule has 2 atom stereocenters. The van der Waals surface area contributed by atoms with Crippen LogP contribution in [0.1, 0.15) is 29.8 Å². The highest BCUT2D eigenvalue weighted by Gasteiger charge is 2.26. The molecule has 1 aliphatic heterocycles. The first-order chi connectivity index (χ1) is 11.1. The van der Waals surface area contributed by atoms with Crippen LogP contribution in [0.4, 0.5) is 4.79 Å². The fourth-order valence-corrected chi connectivity index (χ4v) is 3.41. The molecule has 6 heteroatoms. The quantitative estimate of drug-likeness (QED) is 0.806. The molecule has 0 aliphatic carbocycles. The van der Waals surface area contributed by atoms with Crippen LogP contribution in [0.3, 0.4) is 0 Å². The number of amides is 2. The molecule has 5 nitrogen and oxygen atoms in total. The fourth-order valence-electron chi connectivity index (χ4n) is 2.63. The summed E-state index contributed by atoms with van der Waals surface area (Å²) in [6, 6.07) is 11.1. The molecular weight excluding hydrogens is 312 g/mol. The van der Waals surface area contributed by atoms with Gasteiger partial charge >= 0.3 is 6.03 Å². The minimum atomic E-state index is -1.07. The van der Waals surface area contributed by atoms with Gasteiger partial charge in [-0.1, -0.05) is 24.3 Å². The van der Waals surface area contributed by atoms with Gasteiger partial charge in [-0.25, -0.2) is 4.79 Å². The van der Waals surface area contributed by atoms with Gasteiger partial charge in [0.15, 0.2) is 0 Å². The van der Waals surface area contributed by atoms with E-state index in [1.807, 2.05) is 41.8 Å². The molecule has 2 heterocycles. The standard InChI is InChI=1S/C17H20N2O3S/c1-17(21,15-7-4-10-23-15)11-18-16(20)19-13-8-9-22-14-6-3-2-5-12(13)14/h2-7,10,13,21H,8-9,11H2,1H3,(H2,18,19,20). The molecule has 1 aromatic carbocycles. The van der Waals surface area contributed by atoms with Crippen LogP contribution < -0.4 is 15.4 Å². The molecule has 122 valence electrons. The molecule has 2 aromatic rings. The number of nitrogens with one attached hydrogen (secondary N) is 2. The van der Waals surface area contributed by atoms with E-state index in [1.165, 1.54) is 11.3 Å². The Morgan fingerprint density at radius 3 is 3.00 bits per heavy atom. The molecule has 3 rings (SSSR count). The monoisotopic (exact) mass is 332 g/mol. The highest BCUT2D eigenvalue weighted by Crippen LogP contribution is 2.31. The third kappa shape index (κ3) is 3.65. The SMILES string of the molecule is CC(O)(CNC(=O)NC1CCOc2ccccc21)c1cccs1. The van der Waals surface area contributed by atoms with Gasteiger partial charge in [0.25, 0.3) is 0 Å². The number of para-hydroxylation sites is 1. The van der Waals surface area contributed by atoms with Gasteiger partial charge < -0.3 is 20.5 Å². The highest BCUT2D eigenvalue weighted by molar-refractivity contribution is 7.10. The van der Waals surface area contributed by atoms with Crippen LogP contribution in [-0.4, -0.2) is 24.3 Å². The van der Waals surface area contributed by atoms with Crippen molar-refractivity contribution in [2.24, 2.45) is 0 Å². The largest absolute Gasteiger partial charge is 0.493 e. The van der Waals surface area contributed by atoms with Gasteiger partial charge in [-0.2, -0.15) is 0 Å². The number of thiophene rings is 1. The van der Waals surface area contributed by atoms with Crippen molar-refractivity contribution in [3.8, 4) is 5.75 Å². The number of carbonyl (C=O) groups excluding carboxylic acids is 1. The highest BCUT2D eigenvalue weighted by atomic mass is 32.1. The summed E-state index contributed by atoms with van der Waals surface area (Å²) in [5.41, 5.74) is -0.0852. The summed E-state index contributed by atoms with van der Waals surface area (Å²) in [6.07, 6.45) is 0.728. The van der Waals surface area contributed by atoms with Crippen molar-refractivity contribution < 1.29 is 14.6 Å². The lowest BCUT2D eigenvalue weighted by Crippen LogP contribution is -2.45. The summed E-state index contributed by atoms with van der Waals surface area (Å²) in [4.78, 5) is 13.0. The van der Waals surface area contributed by atoms with E-state index in [4.69, 9.17) is 4.74 Å². The smallest absolute Gasteiger partial charge is 0.315 e. The van der Waals surface area contributed by atoms with E-state index in [0.717, 1.165) is 22.6 Å². The third-order valence-electron chi connectivity index (χ3n) is 3.91. The van der Waals surface area contributed by atoms with Gasteiger partial charge in [-0.3, -0.25) is 0 Å². The zero-order chi connectivity index (χ0) is 16.3. The first-order valence-corrected chi connectivity index (χ1v) is 8.47. The number of hydrogen-bond donors (Lipinski definition) is 3. The van der Waals surface area contributed by atoms with Crippen LogP contribution >= 0.6 is 11.3 Å². The van der Waals surface area contributed by atoms with Crippen molar-refractivity contribution in [1.82, 2.24) is 10.6 Å². The van der Waals surface area contributed by atoms with Gasteiger partial charge in [0.2, 0.25) is 0 Å². The van der Waals surface area contributed by atoms with Gasteiger partial charge in [0.1, 0.15) is 11.4 Å². The Morgan fingerprint density at radius 1 is 1.39 bits per heavy atom. The van der Waals surface area contributed by atoms with Crippen molar-refractivity contribution in [2.45, 2.75) is 25.0 Å². The molecule has 0 saturated heterocycles. The van der Waals surface area contributed by atoms with E-state index in [0.29, 0.717) is 6.61 Å². The van der Waals surface area contributed by atoms with Gasteiger partial charge in [0, 0.05) is 16.9 Å². The Kier molecular flexibility index (Phi) is 4.54. The van der Waals surface area contributed by atoms with Gasteiger partial charge in [-0.05, 0) is 24.4 Å². The number of hydrogen-bond acceptors (Lipinski definition) is 4. The lowest BCUT2D eigenvalue weighted by Gasteiger charge is -2.28. The van der Waals surface area contributed by atoms with Crippen LogP contribution in [0.5, 0.6) is 5.75 Å². The average Bonchev–Trinajstić information content (AvgIpc) is 3.09. The summed E-state index contributed by atoms with van der Waals surface area (Å²) in [6.45, 7) is 2.43. The van der Waals surface area contributed by atoms with Crippen LogP contribution in [0.2, 0.25) is 0 Å². The average molecular weight is 332 g/mol. The van der Waals surface area contributed by atoms with Crippen LogP contribution in [0.25, 0.3) is 0 Å². The molecular formula is C17H20N2O3S. The number of fused-ring (bicyclic) bond motifs is 1. The number of aliphatic hydroxyl groups is 1. The molecule has 2 amide bonds. The Bertz CT molecular complexity index is 670. The second-order valence-electron chi connectivity index (χ2n) is 5.81. The first-order valence-electron chi connectivity index (χ1n) is 7.59. The summed E-state index contributed by atoms with van der Waals surface area (Å²) < 4.78 is 5.59. The molecule has 0 bridgehead atoms. The predicted octanol–water partition coefficient (Wildman–Crippen LogP) is 2.78. The number of ether oxygens (including phenoxy) is 1. The molecule has 2 unspecified atom stereocenters. The van der Waals surface area contributed by atoms with Crippen molar-refractivity contribution in [2.75, 3.05) is 13.2 Å². The van der Waals surface area contributed by atoms with Gasteiger partial charge in [0.05, 0.1) is 19.2 Å². The number of rotatable bonds is 4. The second-order valence-corrected chi connectivity index (χ2v) is 6.75. The molecule has 3 N–H and O–H groups in total. The van der Waals surface area contributed by atoms with E-state index < -0.39 is 5.60 Å². The van der Waals surface area contributed by atoms with E-state index >= 15 is 0 Å². The van der Waals surface area contributed by atoms with Crippen LogP contribution in [-0.2, 0) is 5.60 Å². The van der Waals surface area contributed by atoms with Crippen molar-refractivity contribution in [3.05, 3.63) is 52.2 Å². The zero-order valence-electron chi connectivity index (χ0n) is 12.9. The molecule has 0 fully saturated rings. The van der Waals surface area contributed by atoms with Crippen molar-refractivity contribution >= 4 is 17.4 Å². The molecule has 0 spiro atoms. The number of benzene rings is 1. The molecule has 0 radical (unpaired) electrons. The lowest BCUT2D eigenvalue weighted by atomic mass is 10.0.